The number of nitrogens with one attached hydrogen (secondary N) is 1. The lowest BCUT2D eigenvalue weighted by molar-refractivity contribution is -0.147. The number of allylic oxidation sites excluding steroid dienone is 2. The smallest absolute Gasteiger partial charge is 0.307 e. The van der Waals surface area contributed by atoms with Crippen LogP contribution in [0.1, 0.15) is 52.9 Å². The Kier molecular flexibility index (Phi) is 4.74. The molecule has 0 heterocycles. The molecule has 21 heavy (non-hydrogen) atoms. The molecule has 4 heteroatoms. The molecule has 1 amide bonds. The highest BCUT2D eigenvalue weighted by atomic mass is 16.4. The standard InChI is InChI=1S/C17H27NO3/c1-11-8-12(10-17(2,3)9-11)18-15(19)13-6-4-5-7-14(13)16(20)21/h4-5,11-14H,6-10H2,1-3H3,(H,18,19)(H,20,21)/t11-,12+,13+,14-/m0/s1. The molecule has 0 bridgehead atoms. The zero-order valence-electron chi connectivity index (χ0n) is 13.3. The fraction of sp³-hybridized carbons (Fsp3) is 0.765. The van der Waals surface area contributed by atoms with Crippen molar-refractivity contribution in [2.45, 2.75) is 58.9 Å². The van der Waals surface area contributed by atoms with Gasteiger partial charge in [-0.1, -0.05) is 32.9 Å². The SMILES string of the molecule is C[C@H]1C[C@@H](NC(=O)[C@@H]2CC=CC[C@@H]2C(=O)O)CC(C)(C)C1. The summed E-state index contributed by atoms with van der Waals surface area (Å²) in [5, 5.41) is 12.4. The number of carboxylic acids is 1. The molecule has 0 aromatic rings. The monoisotopic (exact) mass is 293 g/mol. The van der Waals surface area contributed by atoms with Gasteiger partial charge in [0.05, 0.1) is 11.8 Å². The summed E-state index contributed by atoms with van der Waals surface area (Å²) in [5.74, 6) is -1.35. The number of hydrogen-bond donors (Lipinski definition) is 2. The fourth-order valence-corrected chi connectivity index (χ4v) is 4.14. The summed E-state index contributed by atoms with van der Waals surface area (Å²) in [6, 6.07) is 0.177. The van der Waals surface area contributed by atoms with Gasteiger partial charge in [-0.2, -0.15) is 0 Å². The van der Waals surface area contributed by atoms with Crippen LogP contribution < -0.4 is 5.32 Å². The van der Waals surface area contributed by atoms with Gasteiger partial charge in [0, 0.05) is 6.04 Å². The Bertz CT molecular complexity index is 441. The van der Waals surface area contributed by atoms with Crippen LogP contribution in [0.3, 0.4) is 0 Å². The maximum atomic E-state index is 12.5. The number of aliphatic carboxylic acids is 1. The number of rotatable bonds is 3. The first-order valence-corrected chi connectivity index (χ1v) is 7.96. The third kappa shape index (κ3) is 4.08. The van der Waals surface area contributed by atoms with Crippen molar-refractivity contribution >= 4 is 11.9 Å². The molecule has 1 fully saturated rings. The van der Waals surface area contributed by atoms with Crippen LogP contribution in [0.5, 0.6) is 0 Å². The van der Waals surface area contributed by atoms with Gasteiger partial charge in [0.1, 0.15) is 0 Å². The predicted molar refractivity (Wildman–Crippen MR) is 81.7 cm³/mol. The highest BCUT2D eigenvalue weighted by Crippen LogP contribution is 2.38. The molecule has 0 spiro atoms. The minimum atomic E-state index is -0.864. The van der Waals surface area contributed by atoms with Crippen LogP contribution >= 0.6 is 0 Å². The van der Waals surface area contributed by atoms with Gasteiger partial charge in [0.25, 0.3) is 0 Å². The first-order valence-electron chi connectivity index (χ1n) is 7.96. The summed E-state index contributed by atoms with van der Waals surface area (Å²) in [5.41, 5.74) is 0.244. The van der Waals surface area contributed by atoms with Gasteiger partial charge in [0.15, 0.2) is 0 Å². The van der Waals surface area contributed by atoms with Gasteiger partial charge in [-0.3, -0.25) is 9.59 Å². The van der Waals surface area contributed by atoms with E-state index in [2.05, 4.69) is 26.1 Å². The Labute approximate surface area is 127 Å². The number of carbonyl (C=O) groups is 2. The highest BCUT2D eigenvalue weighted by molar-refractivity contribution is 5.85. The average molecular weight is 293 g/mol. The summed E-state index contributed by atoms with van der Waals surface area (Å²) in [6.45, 7) is 6.71. The van der Waals surface area contributed by atoms with Crippen LogP contribution in [0.25, 0.3) is 0 Å². The number of carboxylic acid groups (broad SMARTS) is 1. The van der Waals surface area contributed by atoms with Crippen LogP contribution in [0.4, 0.5) is 0 Å². The third-order valence-electron chi connectivity index (χ3n) is 4.82. The molecular weight excluding hydrogens is 266 g/mol. The molecule has 0 unspecified atom stereocenters. The van der Waals surface area contributed by atoms with Crippen molar-refractivity contribution in [3.05, 3.63) is 12.2 Å². The summed E-state index contributed by atoms with van der Waals surface area (Å²) in [4.78, 5) is 23.8. The lowest BCUT2D eigenvalue weighted by atomic mass is 9.70. The zero-order chi connectivity index (χ0) is 15.6. The van der Waals surface area contributed by atoms with Crippen molar-refractivity contribution in [3.63, 3.8) is 0 Å². The predicted octanol–water partition coefficient (Wildman–Crippen LogP) is 2.98. The zero-order valence-corrected chi connectivity index (χ0v) is 13.3. The van der Waals surface area contributed by atoms with E-state index in [4.69, 9.17) is 0 Å². The quantitative estimate of drug-likeness (QED) is 0.786. The molecule has 2 aliphatic carbocycles. The normalized spacial score (nSPS) is 35.2. The molecule has 2 aliphatic rings. The number of amides is 1. The van der Waals surface area contributed by atoms with E-state index in [0.717, 1.165) is 12.8 Å². The molecule has 4 nitrogen and oxygen atoms in total. The maximum Gasteiger partial charge on any atom is 0.307 e. The van der Waals surface area contributed by atoms with Crippen molar-refractivity contribution in [1.29, 1.82) is 0 Å². The topological polar surface area (TPSA) is 66.4 Å². The van der Waals surface area contributed by atoms with Crippen LogP contribution in [0, 0.1) is 23.2 Å². The molecule has 0 radical (unpaired) electrons. The molecule has 1 saturated carbocycles. The molecule has 0 saturated heterocycles. The lowest BCUT2D eigenvalue weighted by Crippen LogP contribution is -2.47. The van der Waals surface area contributed by atoms with E-state index < -0.39 is 17.8 Å². The van der Waals surface area contributed by atoms with Gasteiger partial charge in [-0.05, 0) is 43.4 Å². The second-order valence-corrected chi connectivity index (χ2v) is 7.61. The summed E-state index contributed by atoms with van der Waals surface area (Å²) in [7, 11) is 0. The van der Waals surface area contributed by atoms with Crippen molar-refractivity contribution in [3.8, 4) is 0 Å². The largest absolute Gasteiger partial charge is 0.481 e. The number of hydrogen-bond acceptors (Lipinski definition) is 2. The van der Waals surface area contributed by atoms with Gasteiger partial charge < -0.3 is 10.4 Å². The van der Waals surface area contributed by atoms with E-state index in [1.54, 1.807) is 0 Å². The molecule has 2 rings (SSSR count). The third-order valence-corrected chi connectivity index (χ3v) is 4.82. The minimum Gasteiger partial charge on any atom is -0.481 e. The van der Waals surface area contributed by atoms with Crippen LogP contribution in [0.2, 0.25) is 0 Å². The van der Waals surface area contributed by atoms with E-state index in [1.165, 1.54) is 6.42 Å². The van der Waals surface area contributed by atoms with E-state index in [-0.39, 0.29) is 17.4 Å². The van der Waals surface area contributed by atoms with Crippen molar-refractivity contribution in [2.24, 2.45) is 23.2 Å². The van der Waals surface area contributed by atoms with Crippen LogP contribution in [-0.2, 0) is 9.59 Å². The summed E-state index contributed by atoms with van der Waals surface area (Å²) < 4.78 is 0. The Morgan fingerprint density at radius 3 is 2.33 bits per heavy atom. The Hall–Kier alpha value is -1.32. The first kappa shape index (κ1) is 16.1. The van der Waals surface area contributed by atoms with Gasteiger partial charge in [-0.25, -0.2) is 0 Å². The molecule has 0 aromatic carbocycles. The second-order valence-electron chi connectivity index (χ2n) is 7.61. The van der Waals surface area contributed by atoms with Crippen molar-refractivity contribution in [2.75, 3.05) is 0 Å². The molecule has 118 valence electrons. The molecule has 4 atom stereocenters. The van der Waals surface area contributed by atoms with Crippen LogP contribution in [-0.4, -0.2) is 23.0 Å². The second kappa shape index (κ2) is 6.20. The summed E-state index contributed by atoms with van der Waals surface area (Å²) >= 11 is 0. The van der Waals surface area contributed by atoms with E-state index in [9.17, 15) is 14.7 Å². The minimum absolute atomic E-state index is 0.0818. The van der Waals surface area contributed by atoms with E-state index >= 15 is 0 Å². The van der Waals surface area contributed by atoms with Crippen molar-refractivity contribution < 1.29 is 14.7 Å². The molecular formula is C17H27NO3. The van der Waals surface area contributed by atoms with Gasteiger partial charge in [-0.15, -0.1) is 0 Å². The van der Waals surface area contributed by atoms with Crippen molar-refractivity contribution in [1.82, 2.24) is 5.32 Å². The first-order chi connectivity index (χ1) is 9.78. The maximum absolute atomic E-state index is 12.5. The lowest BCUT2D eigenvalue weighted by Gasteiger charge is -2.40. The van der Waals surface area contributed by atoms with Crippen LogP contribution in [0.15, 0.2) is 12.2 Å². The van der Waals surface area contributed by atoms with E-state index in [0.29, 0.717) is 18.8 Å². The van der Waals surface area contributed by atoms with E-state index in [1.807, 2.05) is 12.2 Å². The highest BCUT2D eigenvalue weighted by Gasteiger charge is 2.37. The Balaban J connectivity index is 2.00. The van der Waals surface area contributed by atoms with Gasteiger partial charge in [0.2, 0.25) is 5.91 Å². The Morgan fingerprint density at radius 1 is 1.14 bits per heavy atom. The molecule has 0 aromatic heterocycles. The van der Waals surface area contributed by atoms with Gasteiger partial charge >= 0.3 is 5.97 Å². The average Bonchev–Trinajstić information content (AvgIpc) is 2.36. The Morgan fingerprint density at radius 2 is 1.76 bits per heavy atom. The number of carbonyl (C=O) groups excluding carboxylic acids is 1. The fourth-order valence-electron chi connectivity index (χ4n) is 4.14. The molecule has 2 N–H and O–H groups in total. The summed E-state index contributed by atoms with van der Waals surface area (Å²) in [6.07, 6.45) is 7.95. The molecule has 0 aliphatic heterocycles.